The van der Waals surface area contributed by atoms with Crippen LogP contribution in [-0.4, -0.2) is 0 Å². The molecule has 0 aliphatic carbocycles. The summed E-state index contributed by atoms with van der Waals surface area (Å²) in [7, 11) is 2.11. The van der Waals surface area contributed by atoms with E-state index >= 15 is 0 Å². The maximum absolute atomic E-state index is 7.11. The summed E-state index contributed by atoms with van der Waals surface area (Å²) in [6.07, 6.45) is 2.12. The second kappa shape index (κ2) is 6.57. The van der Waals surface area contributed by atoms with Crippen molar-refractivity contribution in [1.82, 2.24) is 0 Å². The number of benzene rings is 2. The molecule has 0 bridgehead atoms. The van der Waals surface area contributed by atoms with Crippen molar-refractivity contribution >= 4 is 10.8 Å². The summed E-state index contributed by atoms with van der Waals surface area (Å²) in [6, 6.07) is 13.2. The second-order valence-corrected chi connectivity index (χ2v) is 8.23. The van der Waals surface area contributed by atoms with Crippen molar-refractivity contribution in [2.75, 3.05) is 0 Å². The number of aryl methyl sites for hydroxylation is 2. The SMILES string of the molecule is [C-]#[N+]Cc1ccc2c(-c3cc(C(C)(C)C)cc(C)c3C)[n+](C)ccc2c1. The monoisotopic (exact) mass is 343 g/mol. The molecule has 0 amide bonds. The van der Waals surface area contributed by atoms with Crippen LogP contribution in [0.15, 0.2) is 42.6 Å². The standard InChI is InChI=1S/C24H27N2/c1-16-12-20(24(3,4)5)14-22(17(16)2)23-21-9-8-18(15-25-6)13-19(21)10-11-26(23)7/h8-14H,15H2,1-5,7H3/q+1. The zero-order valence-corrected chi connectivity index (χ0v) is 16.6. The van der Waals surface area contributed by atoms with E-state index < -0.39 is 0 Å². The van der Waals surface area contributed by atoms with Gasteiger partial charge in [0.2, 0.25) is 12.2 Å². The third kappa shape index (κ3) is 3.22. The van der Waals surface area contributed by atoms with Crippen LogP contribution in [0.3, 0.4) is 0 Å². The minimum Gasteiger partial charge on any atom is -0.312 e. The normalized spacial score (nSPS) is 11.6. The quantitative estimate of drug-likeness (QED) is 0.419. The van der Waals surface area contributed by atoms with Gasteiger partial charge in [0.05, 0.1) is 10.9 Å². The van der Waals surface area contributed by atoms with Crippen molar-refractivity contribution in [3.05, 3.63) is 76.3 Å². The predicted molar refractivity (Wildman–Crippen MR) is 109 cm³/mol. The Hall–Kier alpha value is -2.66. The summed E-state index contributed by atoms with van der Waals surface area (Å²) in [4.78, 5) is 3.52. The summed E-state index contributed by atoms with van der Waals surface area (Å²) in [5.41, 5.74) is 7.73. The van der Waals surface area contributed by atoms with E-state index in [9.17, 15) is 0 Å². The summed E-state index contributed by atoms with van der Waals surface area (Å²) in [6.45, 7) is 18.8. The number of fused-ring (bicyclic) bond motifs is 1. The van der Waals surface area contributed by atoms with Crippen LogP contribution in [0.5, 0.6) is 0 Å². The molecular weight excluding hydrogens is 316 g/mol. The Morgan fingerprint density at radius 3 is 2.42 bits per heavy atom. The number of hydrogen-bond donors (Lipinski definition) is 0. The Bertz CT molecular complexity index is 1030. The molecule has 0 unspecified atom stereocenters. The summed E-state index contributed by atoms with van der Waals surface area (Å²) >= 11 is 0. The Labute approximate surface area is 156 Å². The van der Waals surface area contributed by atoms with E-state index in [1.54, 1.807) is 0 Å². The lowest BCUT2D eigenvalue weighted by Crippen LogP contribution is -2.31. The zero-order chi connectivity index (χ0) is 19.1. The van der Waals surface area contributed by atoms with Crippen molar-refractivity contribution in [2.24, 2.45) is 7.05 Å². The molecule has 0 atom stereocenters. The van der Waals surface area contributed by atoms with E-state index in [0.717, 1.165) is 5.56 Å². The number of hydrogen-bond acceptors (Lipinski definition) is 0. The molecule has 1 aromatic heterocycles. The van der Waals surface area contributed by atoms with Crippen LogP contribution >= 0.6 is 0 Å². The number of pyridine rings is 1. The molecule has 26 heavy (non-hydrogen) atoms. The Kier molecular flexibility index (Phi) is 4.59. The minimum absolute atomic E-state index is 0.110. The van der Waals surface area contributed by atoms with Gasteiger partial charge in [-0.2, -0.15) is 0 Å². The average Bonchev–Trinajstić information content (AvgIpc) is 2.57. The van der Waals surface area contributed by atoms with E-state index in [2.05, 4.69) is 93.7 Å². The van der Waals surface area contributed by atoms with Crippen LogP contribution in [-0.2, 0) is 19.0 Å². The van der Waals surface area contributed by atoms with Gasteiger partial charge in [0.25, 0.3) is 0 Å². The van der Waals surface area contributed by atoms with Crippen molar-refractivity contribution < 1.29 is 4.57 Å². The van der Waals surface area contributed by atoms with Gasteiger partial charge in [-0.05, 0) is 59.5 Å². The van der Waals surface area contributed by atoms with Gasteiger partial charge >= 0.3 is 0 Å². The fourth-order valence-corrected chi connectivity index (χ4v) is 3.49. The first-order valence-electron chi connectivity index (χ1n) is 9.09. The molecule has 0 saturated carbocycles. The highest BCUT2D eigenvalue weighted by atomic mass is 14.9. The summed E-state index contributed by atoms with van der Waals surface area (Å²) in [5.74, 6) is 0. The molecule has 1 heterocycles. The fraction of sp³-hybridized carbons (Fsp3) is 0.333. The molecule has 2 nitrogen and oxygen atoms in total. The molecule has 0 saturated heterocycles. The van der Waals surface area contributed by atoms with Crippen LogP contribution in [0, 0.1) is 20.4 Å². The Morgan fingerprint density at radius 2 is 1.77 bits per heavy atom. The lowest BCUT2D eigenvalue weighted by molar-refractivity contribution is -0.659. The van der Waals surface area contributed by atoms with Crippen molar-refractivity contribution in [2.45, 2.75) is 46.6 Å². The predicted octanol–water partition coefficient (Wildman–Crippen LogP) is 5.66. The highest BCUT2D eigenvalue weighted by Crippen LogP contribution is 2.34. The topological polar surface area (TPSA) is 8.24 Å². The van der Waals surface area contributed by atoms with Crippen molar-refractivity contribution in [1.29, 1.82) is 0 Å². The highest BCUT2D eigenvalue weighted by molar-refractivity contribution is 5.94. The first kappa shape index (κ1) is 18.1. The van der Waals surface area contributed by atoms with Gasteiger partial charge in [0.1, 0.15) is 7.05 Å². The molecule has 2 heteroatoms. The van der Waals surface area contributed by atoms with E-state index in [0.29, 0.717) is 6.54 Å². The largest absolute Gasteiger partial charge is 0.312 e. The van der Waals surface area contributed by atoms with E-state index in [1.165, 1.54) is 38.7 Å². The minimum atomic E-state index is 0.110. The lowest BCUT2D eigenvalue weighted by atomic mass is 9.83. The zero-order valence-electron chi connectivity index (χ0n) is 16.6. The van der Waals surface area contributed by atoms with Gasteiger partial charge in [0, 0.05) is 11.6 Å². The fourth-order valence-electron chi connectivity index (χ4n) is 3.49. The van der Waals surface area contributed by atoms with Crippen LogP contribution in [0.2, 0.25) is 0 Å². The van der Waals surface area contributed by atoms with Crippen molar-refractivity contribution in [3.8, 4) is 11.3 Å². The molecule has 132 valence electrons. The van der Waals surface area contributed by atoms with E-state index in [4.69, 9.17) is 6.57 Å². The molecule has 3 rings (SSSR count). The smallest absolute Gasteiger partial charge is 0.239 e. The molecular formula is C24H27N2+. The average molecular weight is 343 g/mol. The molecule has 0 radical (unpaired) electrons. The van der Waals surface area contributed by atoms with Gasteiger partial charge < -0.3 is 4.85 Å². The molecule has 0 spiro atoms. The van der Waals surface area contributed by atoms with Gasteiger partial charge in [0.15, 0.2) is 6.20 Å². The molecule has 0 aliphatic rings. The molecule has 0 N–H and O–H groups in total. The van der Waals surface area contributed by atoms with Gasteiger partial charge in [-0.15, -0.1) is 0 Å². The van der Waals surface area contributed by atoms with Crippen LogP contribution in [0.25, 0.3) is 26.9 Å². The van der Waals surface area contributed by atoms with E-state index in [1.807, 2.05) is 0 Å². The third-order valence-electron chi connectivity index (χ3n) is 5.25. The molecule has 3 aromatic rings. The maximum Gasteiger partial charge on any atom is 0.239 e. The third-order valence-corrected chi connectivity index (χ3v) is 5.25. The number of rotatable bonds is 2. The first-order chi connectivity index (χ1) is 12.2. The van der Waals surface area contributed by atoms with Gasteiger partial charge in [-0.3, -0.25) is 0 Å². The first-order valence-corrected chi connectivity index (χ1v) is 9.09. The number of nitrogens with zero attached hydrogens (tertiary/aromatic N) is 2. The highest BCUT2D eigenvalue weighted by Gasteiger charge is 2.22. The lowest BCUT2D eigenvalue weighted by Gasteiger charge is -2.22. The molecule has 2 aromatic carbocycles. The summed E-state index contributed by atoms with van der Waals surface area (Å²) in [5, 5.41) is 2.43. The van der Waals surface area contributed by atoms with Gasteiger partial charge in [-0.1, -0.05) is 32.9 Å². The maximum atomic E-state index is 7.11. The van der Waals surface area contributed by atoms with E-state index in [-0.39, 0.29) is 5.41 Å². The Balaban J connectivity index is 2.33. The van der Waals surface area contributed by atoms with Crippen LogP contribution in [0.4, 0.5) is 0 Å². The molecule has 0 fully saturated rings. The summed E-state index contributed by atoms with van der Waals surface area (Å²) < 4.78 is 2.21. The van der Waals surface area contributed by atoms with Crippen LogP contribution in [0.1, 0.15) is 43.0 Å². The molecule has 0 aliphatic heterocycles. The van der Waals surface area contributed by atoms with Gasteiger partial charge in [-0.25, -0.2) is 11.1 Å². The second-order valence-electron chi connectivity index (χ2n) is 8.23. The van der Waals surface area contributed by atoms with Crippen molar-refractivity contribution in [3.63, 3.8) is 0 Å². The van der Waals surface area contributed by atoms with Crippen LogP contribution < -0.4 is 4.57 Å². The number of aromatic nitrogens is 1. The Morgan fingerprint density at radius 1 is 1.04 bits per heavy atom.